The van der Waals surface area contributed by atoms with Crippen molar-refractivity contribution < 1.29 is 4.42 Å². The van der Waals surface area contributed by atoms with Gasteiger partial charge in [0.1, 0.15) is 5.76 Å². The molecule has 0 aromatic carbocycles. The van der Waals surface area contributed by atoms with Crippen molar-refractivity contribution in [3.63, 3.8) is 0 Å². The maximum atomic E-state index is 5.33. The molecule has 0 spiro atoms. The van der Waals surface area contributed by atoms with Crippen LogP contribution in [0.1, 0.15) is 40.4 Å². The highest BCUT2D eigenvalue weighted by molar-refractivity contribution is 4.97. The van der Waals surface area contributed by atoms with Crippen LogP contribution in [0.3, 0.4) is 0 Å². The van der Waals surface area contributed by atoms with E-state index in [9.17, 15) is 0 Å². The van der Waals surface area contributed by atoms with Gasteiger partial charge in [0.05, 0.1) is 12.8 Å². The Morgan fingerprint density at radius 3 is 2.21 bits per heavy atom. The summed E-state index contributed by atoms with van der Waals surface area (Å²) in [7, 11) is 0. The Bertz CT molecular complexity index is 309. The van der Waals surface area contributed by atoms with E-state index in [2.05, 4.69) is 44.8 Å². The molecule has 0 saturated carbocycles. The third-order valence-corrected chi connectivity index (χ3v) is 3.14. The van der Waals surface area contributed by atoms with Crippen LogP contribution in [-0.2, 0) is 6.54 Å². The number of rotatable bonds is 9. The Kier molecular flexibility index (Phi) is 7.17. The molecule has 0 aliphatic heterocycles. The lowest BCUT2D eigenvalue weighted by molar-refractivity contribution is 0.163. The molecule has 19 heavy (non-hydrogen) atoms. The van der Waals surface area contributed by atoms with Gasteiger partial charge in [-0.05, 0) is 30.9 Å². The molecule has 0 fully saturated rings. The number of furan rings is 1. The number of hydrogen-bond acceptors (Lipinski definition) is 3. The van der Waals surface area contributed by atoms with E-state index in [0.29, 0.717) is 17.9 Å². The second-order valence-corrected chi connectivity index (χ2v) is 6.30. The highest BCUT2D eigenvalue weighted by atomic mass is 16.3. The second kappa shape index (κ2) is 8.39. The Hall–Kier alpha value is -0.800. The standard InChI is InChI=1S/C16H30N2O/c1-13(2)11-18(12-14(3)4)15(5)9-17-10-16-7-6-8-19-16/h6-8,13-15,17H,9-12H2,1-5H3. The minimum atomic E-state index is 0.555. The Morgan fingerprint density at radius 1 is 1.11 bits per heavy atom. The van der Waals surface area contributed by atoms with E-state index in [-0.39, 0.29) is 0 Å². The van der Waals surface area contributed by atoms with Gasteiger partial charge in [-0.2, -0.15) is 0 Å². The molecular weight excluding hydrogens is 236 g/mol. The van der Waals surface area contributed by atoms with Gasteiger partial charge in [-0.15, -0.1) is 0 Å². The monoisotopic (exact) mass is 266 g/mol. The first-order valence-electron chi connectivity index (χ1n) is 7.46. The first-order chi connectivity index (χ1) is 8.99. The van der Waals surface area contributed by atoms with E-state index in [1.54, 1.807) is 6.26 Å². The lowest BCUT2D eigenvalue weighted by Gasteiger charge is -2.32. The first kappa shape index (κ1) is 16.3. The van der Waals surface area contributed by atoms with Gasteiger partial charge in [-0.3, -0.25) is 4.90 Å². The van der Waals surface area contributed by atoms with Crippen molar-refractivity contribution in [3.8, 4) is 0 Å². The van der Waals surface area contributed by atoms with Crippen LogP contribution in [0.5, 0.6) is 0 Å². The van der Waals surface area contributed by atoms with Crippen LogP contribution in [-0.4, -0.2) is 30.6 Å². The molecular formula is C16H30N2O. The van der Waals surface area contributed by atoms with Crippen molar-refractivity contribution in [1.82, 2.24) is 10.2 Å². The van der Waals surface area contributed by atoms with Gasteiger partial charge >= 0.3 is 0 Å². The maximum Gasteiger partial charge on any atom is 0.117 e. The molecule has 0 aliphatic rings. The smallest absolute Gasteiger partial charge is 0.117 e. The van der Waals surface area contributed by atoms with Gasteiger partial charge in [-0.1, -0.05) is 27.7 Å². The Balaban J connectivity index is 2.35. The summed E-state index contributed by atoms with van der Waals surface area (Å²) in [6, 6.07) is 4.50. The Morgan fingerprint density at radius 2 is 1.74 bits per heavy atom. The number of hydrogen-bond donors (Lipinski definition) is 1. The largest absolute Gasteiger partial charge is 0.468 e. The van der Waals surface area contributed by atoms with Crippen molar-refractivity contribution in [3.05, 3.63) is 24.2 Å². The highest BCUT2D eigenvalue weighted by Gasteiger charge is 2.16. The van der Waals surface area contributed by atoms with Gasteiger partial charge in [-0.25, -0.2) is 0 Å². The summed E-state index contributed by atoms with van der Waals surface area (Å²) in [5, 5.41) is 3.48. The zero-order valence-electron chi connectivity index (χ0n) is 13.1. The van der Waals surface area contributed by atoms with Crippen LogP contribution < -0.4 is 5.32 Å². The number of nitrogens with zero attached hydrogens (tertiary/aromatic N) is 1. The van der Waals surface area contributed by atoms with Crippen molar-refractivity contribution in [2.45, 2.75) is 47.2 Å². The summed E-state index contributed by atoms with van der Waals surface area (Å²) in [5.41, 5.74) is 0. The zero-order valence-corrected chi connectivity index (χ0v) is 13.1. The van der Waals surface area contributed by atoms with Crippen molar-refractivity contribution in [1.29, 1.82) is 0 Å². The summed E-state index contributed by atoms with van der Waals surface area (Å²) in [6.07, 6.45) is 1.73. The predicted octanol–water partition coefficient (Wildman–Crippen LogP) is 3.37. The molecule has 1 N–H and O–H groups in total. The average molecular weight is 266 g/mol. The second-order valence-electron chi connectivity index (χ2n) is 6.30. The van der Waals surface area contributed by atoms with Crippen molar-refractivity contribution >= 4 is 0 Å². The minimum Gasteiger partial charge on any atom is -0.468 e. The van der Waals surface area contributed by atoms with Crippen molar-refractivity contribution in [2.24, 2.45) is 11.8 Å². The van der Waals surface area contributed by atoms with Crippen molar-refractivity contribution in [2.75, 3.05) is 19.6 Å². The normalized spacial score (nSPS) is 13.7. The van der Waals surface area contributed by atoms with E-state index in [0.717, 1.165) is 18.8 Å². The molecule has 1 rings (SSSR count). The van der Waals surface area contributed by atoms with Crippen LogP contribution in [0.4, 0.5) is 0 Å². The maximum absolute atomic E-state index is 5.33. The van der Waals surface area contributed by atoms with E-state index < -0.39 is 0 Å². The van der Waals surface area contributed by atoms with Gasteiger partial charge in [0, 0.05) is 25.7 Å². The zero-order chi connectivity index (χ0) is 14.3. The Labute approximate surface area is 118 Å². The average Bonchev–Trinajstić information content (AvgIpc) is 2.79. The molecule has 3 heteroatoms. The molecule has 0 radical (unpaired) electrons. The minimum absolute atomic E-state index is 0.555. The fourth-order valence-corrected chi connectivity index (χ4v) is 2.32. The topological polar surface area (TPSA) is 28.4 Å². The summed E-state index contributed by atoms with van der Waals surface area (Å²) in [5.74, 6) is 2.43. The van der Waals surface area contributed by atoms with E-state index in [1.807, 2.05) is 12.1 Å². The van der Waals surface area contributed by atoms with E-state index in [1.165, 1.54) is 13.1 Å². The molecule has 0 aliphatic carbocycles. The molecule has 1 aromatic rings. The van der Waals surface area contributed by atoms with Gasteiger partial charge in [0.25, 0.3) is 0 Å². The molecule has 1 atom stereocenters. The molecule has 1 heterocycles. The summed E-state index contributed by atoms with van der Waals surface area (Å²) >= 11 is 0. The van der Waals surface area contributed by atoms with Gasteiger partial charge < -0.3 is 9.73 Å². The molecule has 1 aromatic heterocycles. The lowest BCUT2D eigenvalue weighted by atomic mass is 10.1. The molecule has 1 unspecified atom stereocenters. The predicted molar refractivity (Wildman–Crippen MR) is 81.1 cm³/mol. The summed E-state index contributed by atoms with van der Waals surface area (Å²) in [6.45, 7) is 15.6. The van der Waals surface area contributed by atoms with Crippen LogP contribution in [0.15, 0.2) is 22.8 Å². The summed E-state index contributed by atoms with van der Waals surface area (Å²) < 4.78 is 5.33. The van der Waals surface area contributed by atoms with Crippen LogP contribution >= 0.6 is 0 Å². The van der Waals surface area contributed by atoms with Crippen LogP contribution in [0.2, 0.25) is 0 Å². The van der Waals surface area contributed by atoms with Gasteiger partial charge in [0.2, 0.25) is 0 Å². The van der Waals surface area contributed by atoms with Gasteiger partial charge in [0.15, 0.2) is 0 Å². The fraction of sp³-hybridized carbons (Fsp3) is 0.750. The highest BCUT2D eigenvalue weighted by Crippen LogP contribution is 2.08. The lowest BCUT2D eigenvalue weighted by Crippen LogP contribution is -2.43. The van der Waals surface area contributed by atoms with Crippen LogP contribution in [0.25, 0.3) is 0 Å². The van der Waals surface area contributed by atoms with Crippen LogP contribution in [0, 0.1) is 11.8 Å². The SMILES string of the molecule is CC(C)CN(CC(C)C)C(C)CNCc1ccco1. The molecule has 3 nitrogen and oxygen atoms in total. The van der Waals surface area contributed by atoms with E-state index >= 15 is 0 Å². The summed E-state index contributed by atoms with van der Waals surface area (Å²) in [4.78, 5) is 2.59. The third kappa shape index (κ3) is 6.79. The quantitative estimate of drug-likeness (QED) is 0.743. The first-order valence-corrected chi connectivity index (χ1v) is 7.46. The number of nitrogens with one attached hydrogen (secondary N) is 1. The molecule has 0 bridgehead atoms. The molecule has 110 valence electrons. The fourth-order valence-electron chi connectivity index (χ4n) is 2.32. The van der Waals surface area contributed by atoms with E-state index in [4.69, 9.17) is 4.42 Å². The third-order valence-electron chi connectivity index (χ3n) is 3.14. The molecule has 0 amide bonds. The molecule has 0 saturated heterocycles.